The minimum atomic E-state index is -1.21. The van der Waals surface area contributed by atoms with E-state index in [2.05, 4.69) is 5.32 Å². The van der Waals surface area contributed by atoms with E-state index in [9.17, 15) is 9.00 Å². The van der Waals surface area contributed by atoms with Gasteiger partial charge in [0, 0.05) is 34.7 Å². The molecule has 6 heteroatoms. The second kappa shape index (κ2) is 9.92. The van der Waals surface area contributed by atoms with Crippen LogP contribution < -0.4 is 5.32 Å². The number of halogens is 1. The van der Waals surface area contributed by atoms with Crippen LogP contribution in [0.3, 0.4) is 0 Å². The summed E-state index contributed by atoms with van der Waals surface area (Å²) in [5.74, 6) is 0.196. The first kappa shape index (κ1) is 18.1. The Balaban J connectivity index is 2.18. The van der Waals surface area contributed by atoms with Crippen LogP contribution in [0.4, 0.5) is 0 Å². The van der Waals surface area contributed by atoms with Crippen molar-refractivity contribution in [3.05, 3.63) is 34.9 Å². The molecule has 1 aromatic rings. The SMILES string of the molecule is CC(C)OCCCNC(=O)C[S@@](=O)Cc1ccc(Cl)cc1. The summed E-state index contributed by atoms with van der Waals surface area (Å²) >= 11 is 5.78. The van der Waals surface area contributed by atoms with Gasteiger partial charge in [0.1, 0.15) is 5.75 Å². The van der Waals surface area contributed by atoms with E-state index in [1.807, 2.05) is 26.0 Å². The quantitative estimate of drug-likeness (QED) is 0.707. The smallest absolute Gasteiger partial charge is 0.232 e. The number of carbonyl (C=O) groups excluding carboxylic acids is 1. The maximum absolute atomic E-state index is 11.9. The van der Waals surface area contributed by atoms with Crippen LogP contribution in [-0.2, 0) is 26.1 Å². The Hall–Kier alpha value is -0.910. The zero-order chi connectivity index (χ0) is 15.7. The molecule has 0 aliphatic rings. The van der Waals surface area contributed by atoms with Crippen molar-refractivity contribution in [1.82, 2.24) is 5.32 Å². The number of hydrogen-bond acceptors (Lipinski definition) is 3. The molecule has 1 aromatic carbocycles. The molecule has 0 fully saturated rings. The molecule has 4 nitrogen and oxygen atoms in total. The molecule has 0 radical (unpaired) electrons. The van der Waals surface area contributed by atoms with Crippen LogP contribution in [0.15, 0.2) is 24.3 Å². The van der Waals surface area contributed by atoms with Gasteiger partial charge in [-0.05, 0) is 38.0 Å². The van der Waals surface area contributed by atoms with Crippen molar-refractivity contribution in [1.29, 1.82) is 0 Å². The summed E-state index contributed by atoms with van der Waals surface area (Å²) in [6.45, 7) is 5.10. The molecule has 0 unspecified atom stereocenters. The monoisotopic (exact) mass is 331 g/mol. The third-order valence-electron chi connectivity index (χ3n) is 2.63. The summed E-state index contributed by atoms with van der Waals surface area (Å²) in [4.78, 5) is 11.6. The molecule has 0 bridgehead atoms. The van der Waals surface area contributed by atoms with Crippen LogP contribution in [0.1, 0.15) is 25.8 Å². The fourth-order valence-corrected chi connectivity index (χ4v) is 2.82. The maximum atomic E-state index is 11.9. The Morgan fingerprint density at radius 3 is 2.62 bits per heavy atom. The number of nitrogens with one attached hydrogen (secondary N) is 1. The largest absolute Gasteiger partial charge is 0.379 e. The third kappa shape index (κ3) is 8.86. The molecular formula is C15H22ClNO3S. The third-order valence-corrected chi connectivity index (χ3v) is 4.12. The topological polar surface area (TPSA) is 55.4 Å². The number of rotatable bonds is 9. The van der Waals surface area contributed by atoms with E-state index < -0.39 is 10.8 Å². The number of amides is 1. The molecule has 0 saturated carbocycles. The van der Waals surface area contributed by atoms with Crippen molar-refractivity contribution in [3.63, 3.8) is 0 Å². The lowest BCUT2D eigenvalue weighted by molar-refractivity contribution is -0.118. The highest BCUT2D eigenvalue weighted by Gasteiger charge is 2.08. The van der Waals surface area contributed by atoms with Crippen LogP contribution >= 0.6 is 11.6 Å². The fourth-order valence-electron chi connectivity index (χ4n) is 1.63. The van der Waals surface area contributed by atoms with Gasteiger partial charge in [-0.1, -0.05) is 23.7 Å². The Bertz CT molecular complexity index is 462. The van der Waals surface area contributed by atoms with Crippen LogP contribution in [-0.4, -0.2) is 35.1 Å². The lowest BCUT2D eigenvalue weighted by atomic mass is 10.2. The van der Waals surface area contributed by atoms with Crippen LogP contribution in [0.25, 0.3) is 0 Å². The average molecular weight is 332 g/mol. The van der Waals surface area contributed by atoms with Crippen molar-refractivity contribution in [2.75, 3.05) is 18.9 Å². The van der Waals surface area contributed by atoms with Crippen LogP contribution in [0, 0.1) is 0 Å². The molecule has 1 rings (SSSR count). The van der Waals surface area contributed by atoms with E-state index in [4.69, 9.17) is 16.3 Å². The predicted molar refractivity (Wildman–Crippen MR) is 86.9 cm³/mol. The van der Waals surface area contributed by atoms with E-state index >= 15 is 0 Å². The first-order chi connectivity index (χ1) is 9.97. The van der Waals surface area contributed by atoms with Gasteiger partial charge in [-0.3, -0.25) is 9.00 Å². The zero-order valence-corrected chi connectivity index (χ0v) is 14.0. The summed E-state index contributed by atoms with van der Waals surface area (Å²) in [6, 6.07) is 7.15. The zero-order valence-electron chi connectivity index (χ0n) is 12.4. The second-order valence-corrected chi connectivity index (χ2v) is 6.87. The number of benzene rings is 1. The van der Waals surface area contributed by atoms with E-state index in [1.165, 1.54) is 0 Å². The molecule has 0 heterocycles. The number of hydrogen-bond donors (Lipinski definition) is 1. The Morgan fingerprint density at radius 1 is 1.33 bits per heavy atom. The summed E-state index contributed by atoms with van der Waals surface area (Å²) in [7, 11) is -1.21. The molecule has 0 aliphatic carbocycles. The average Bonchev–Trinajstić information content (AvgIpc) is 2.40. The summed E-state index contributed by atoms with van der Waals surface area (Å²) < 4.78 is 17.2. The number of ether oxygens (including phenoxy) is 1. The standard InChI is InChI=1S/C15H22ClNO3S/c1-12(2)20-9-3-8-17-15(18)11-21(19)10-13-4-6-14(16)7-5-13/h4-7,12H,3,8-11H2,1-2H3,(H,17,18)/t21-/m0/s1. The Kier molecular flexibility index (Phi) is 8.57. The Labute approximate surface area is 133 Å². The minimum Gasteiger partial charge on any atom is -0.379 e. The van der Waals surface area contributed by atoms with Gasteiger partial charge >= 0.3 is 0 Å². The van der Waals surface area contributed by atoms with Crippen LogP contribution in [0.2, 0.25) is 5.02 Å². The fraction of sp³-hybridized carbons (Fsp3) is 0.533. The van der Waals surface area contributed by atoms with Crippen molar-refractivity contribution in [2.45, 2.75) is 32.1 Å². The van der Waals surface area contributed by atoms with Crippen molar-refractivity contribution < 1.29 is 13.7 Å². The van der Waals surface area contributed by atoms with Crippen molar-refractivity contribution >= 4 is 28.3 Å². The van der Waals surface area contributed by atoms with E-state index in [-0.39, 0.29) is 17.8 Å². The lowest BCUT2D eigenvalue weighted by Crippen LogP contribution is -2.30. The van der Waals surface area contributed by atoms with E-state index in [1.54, 1.807) is 12.1 Å². The second-order valence-electron chi connectivity index (χ2n) is 4.98. The first-order valence-electron chi connectivity index (χ1n) is 6.95. The molecule has 118 valence electrons. The highest BCUT2D eigenvalue weighted by Crippen LogP contribution is 2.11. The van der Waals surface area contributed by atoms with E-state index in [0.717, 1.165) is 12.0 Å². The van der Waals surface area contributed by atoms with Gasteiger partial charge in [0.05, 0.1) is 6.10 Å². The number of carbonyl (C=O) groups is 1. The van der Waals surface area contributed by atoms with Gasteiger partial charge < -0.3 is 10.1 Å². The molecule has 1 atom stereocenters. The van der Waals surface area contributed by atoms with Crippen molar-refractivity contribution in [3.8, 4) is 0 Å². The summed E-state index contributed by atoms with van der Waals surface area (Å²) in [5.41, 5.74) is 0.913. The molecule has 0 saturated heterocycles. The Morgan fingerprint density at radius 2 is 2.00 bits per heavy atom. The van der Waals surface area contributed by atoms with Gasteiger partial charge in [0.25, 0.3) is 0 Å². The molecule has 1 N–H and O–H groups in total. The molecule has 21 heavy (non-hydrogen) atoms. The van der Waals surface area contributed by atoms with Gasteiger partial charge in [-0.2, -0.15) is 0 Å². The van der Waals surface area contributed by atoms with E-state index in [0.29, 0.717) is 23.9 Å². The highest BCUT2D eigenvalue weighted by molar-refractivity contribution is 7.84. The maximum Gasteiger partial charge on any atom is 0.232 e. The summed E-state index contributed by atoms with van der Waals surface area (Å²) in [6.07, 6.45) is 0.959. The molecule has 0 spiro atoms. The normalized spacial score (nSPS) is 12.4. The van der Waals surface area contributed by atoms with Gasteiger partial charge in [-0.25, -0.2) is 0 Å². The minimum absolute atomic E-state index is 0.0215. The summed E-state index contributed by atoms with van der Waals surface area (Å²) in [5, 5.41) is 3.39. The van der Waals surface area contributed by atoms with Gasteiger partial charge in [-0.15, -0.1) is 0 Å². The molecule has 0 aromatic heterocycles. The first-order valence-corrected chi connectivity index (χ1v) is 8.81. The predicted octanol–water partition coefficient (Wildman–Crippen LogP) is 2.52. The molecule has 0 aliphatic heterocycles. The lowest BCUT2D eigenvalue weighted by Gasteiger charge is -2.08. The highest BCUT2D eigenvalue weighted by atomic mass is 35.5. The molecular weight excluding hydrogens is 310 g/mol. The van der Waals surface area contributed by atoms with Crippen LogP contribution in [0.5, 0.6) is 0 Å². The van der Waals surface area contributed by atoms with Crippen molar-refractivity contribution in [2.24, 2.45) is 0 Å². The van der Waals surface area contributed by atoms with Gasteiger partial charge in [0.2, 0.25) is 5.91 Å². The van der Waals surface area contributed by atoms with Gasteiger partial charge in [0.15, 0.2) is 0 Å². The molecule has 1 amide bonds.